The lowest BCUT2D eigenvalue weighted by Crippen LogP contribution is -2.50. The van der Waals surface area contributed by atoms with Gasteiger partial charge < -0.3 is 0 Å². The molecule has 0 aliphatic heterocycles. The van der Waals surface area contributed by atoms with E-state index in [2.05, 4.69) is 10.9 Å². The second kappa shape index (κ2) is 6.19. The molecule has 24 heavy (non-hydrogen) atoms. The zero-order valence-electron chi connectivity index (χ0n) is 12.9. The third kappa shape index (κ3) is 3.09. The monoisotopic (exact) mass is 334 g/mol. The second-order valence-corrected chi connectivity index (χ2v) is 5.96. The van der Waals surface area contributed by atoms with Crippen molar-refractivity contribution in [2.45, 2.75) is 30.9 Å². The summed E-state index contributed by atoms with van der Waals surface area (Å²) in [6, 6.07) is 14.2. The van der Waals surface area contributed by atoms with Crippen LogP contribution in [0.2, 0.25) is 0 Å². The van der Waals surface area contributed by atoms with Crippen LogP contribution in [0.1, 0.15) is 30.4 Å². The van der Waals surface area contributed by atoms with Crippen LogP contribution in [0.3, 0.4) is 0 Å². The fourth-order valence-electron chi connectivity index (χ4n) is 2.96. The minimum absolute atomic E-state index is 0.195. The number of hydrazine groups is 1. The van der Waals surface area contributed by atoms with E-state index in [4.69, 9.17) is 0 Å². The van der Waals surface area contributed by atoms with Crippen LogP contribution in [0, 0.1) is 0 Å². The molecule has 0 heterocycles. The van der Waals surface area contributed by atoms with Crippen molar-refractivity contribution in [3.63, 3.8) is 0 Å². The highest BCUT2D eigenvalue weighted by Gasteiger charge is 2.45. The van der Waals surface area contributed by atoms with E-state index in [1.165, 1.54) is 12.1 Å². The summed E-state index contributed by atoms with van der Waals surface area (Å²) in [5.74, 6) is -0.225. The summed E-state index contributed by atoms with van der Waals surface area (Å²) >= 11 is 0. The zero-order chi connectivity index (χ0) is 17.2. The van der Waals surface area contributed by atoms with E-state index in [-0.39, 0.29) is 11.6 Å². The largest absolute Gasteiger partial charge is 0.416 e. The minimum atomic E-state index is -4.42. The van der Waals surface area contributed by atoms with Crippen LogP contribution in [0.15, 0.2) is 54.6 Å². The predicted octanol–water partition coefficient (Wildman–Crippen LogP) is 4.27. The van der Waals surface area contributed by atoms with Gasteiger partial charge in [-0.2, -0.15) is 13.2 Å². The number of nitrogens with one attached hydrogen (secondary N) is 2. The topological polar surface area (TPSA) is 41.1 Å². The molecule has 0 unspecified atom stereocenters. The first-order chi connectivity index (χ1) is 11.4. The number of carbonyl (C=O) groups excluding carboxylic acids is 1. The molecule has 2 aromatic carbocycles. The van der Waals surface area contributed by atoms with E-state index < -0.39 is 17.2 Å². The molecular weight excluding hydrogens is 317 g/mol. The van der Waals surface area contributed by atoms with E-state index in [9.17, 15) is 18.0 Å². The summed E-state index contributed by atoms with van der Waals surface area (Å²) in [4.78, 5) is 12.6. The number of halogens is 3. The van der Waals surface area contributed by atoms with E-state index in [0.717, 1.165) is 37.0 Å². The molecule has 0 bridgehead atoms. The molecule has 1 aliphatic carbocycles. The van der Waals surface area contributed by atoms with Crippen molar-refractivity contribution in [2.75, 3.05) is 5.43 Å². The molecule has 1 fully saturated rings. The first-order valence-electron chi connectivity index (χ1n) is 7.71. The number of rotatable bonds is 4. The van der Waals surface area contributed by atoms with Gasteiger partial charge in [0.25, 0.3) is 0 Å². The van der Waals surface area contributed by atoms with Crippen molar-refractivity contribution >= 4 is 11.6 Å². The highest BCUT2D eigenvalue weighted by atomic mass is 19.4. The minimum Gasteiger partial charge on any atom is -0.299 e. The van der Waals surface area contributed by atoms with Crippen molar-refractivity contribution in [2.24, 2.45) is 0 Å². The molecule has 2 N–H and O–H groups in total. The number of amides is 1. The Bertz CT molecular complexity index is 725. The Morgan fingerprint density at radius 3 is 2.29 bits per heavy atom. The van der Waals surface area contributed by atoms with Gasteiger partial charge >= 0.3 is 6.18 Å². The lowest BCUT2D eigenvalue weighted by Gasteiger charge is -2.40. The summed E-state index contributed by atoms with van der Waals surface area (Å²) < 4.78 is 38.2. The molecule has 0 aromatic heterocycles. The molecule has 126 valence electrons. The van der Waals surface area contributed by atoms with Gasteiger partial charge in [-0.05, 0) is 36.6 Å². The lowest BCUT2D eigenvalue weighted by atomic mass is 9.64. The average molecular weight is 334 g/mol. The third-order valence-electron chi connectivity index (χ3n) is 4.48. The fourth-order valence-corrected chi connectivity index (χ4v) is 2.96. The van der Waals surface area contributed by atoms with Gasteiger partial charge in [0.15, 0.2) is 0 Å². The van der Waals surface area contributed by atoms with Crippen LogP contribution in [0.25, 0.3) is 0 Å². The Morgan fingerprint density at radius 2 is 1.71 bits per heavy atom. The van der Waals surface area contributed by atoms with Gasteiger partial charge in [-0.3, -0.25) is 15.6 Å². The van der Waals surface area contributed by atoms with Gasteiger partial charge in [0.05, 0.1) is 16.7 Å². The Hall–Kier alpha value is -2.50. The first kappa shape index (κ1) is 16.4. The van der Waals surface area contributed by atoms with Gasteiger partial charge in [0.1, 0.15) is 0 Å². The maximum absolute atomic E-state index is 12.7. The standard InChI is InChI=1S/C18H17F3N2O/c19-18(20,21)14-8-4-9-15(12-14)22-23-16(24)17(10-5-11-17)13-6-2-1-3-7-13/h1-4,6-9,12,22H,5,10-11H2,(H,23,24). The SMILES string of the molecule is O=C(NNc1cccc(C(F)(F)F)c1)C1(c2ccccc2)CCC1. The quantitative estimate of drug-likeness (QED) is 0.820. The van der Waals surface area contributed by atoms with Crippen LogP contribution in [-0.4, -0.2) is 5.91 Å². The molecule has 3 nitrogen and oxygen atoms in total. The third-order valence-corrected chi connectivity index (χ3v) is 4.48. The molecule has 0 atom stereocenters. The summed E-state index contributed by atoms with van der Waals surface area (Å²) in [7, 11) is 0. The summed E-state index contributed by atoms with van der Waals surface area (Å²) in [6.45, 7) is 0. The number of carbonyl (C=O) groups is 1. The van der Waals surface area contributed by atoms with Crippen molar-refractivity contribution < 1.29 is 18.0 Å². The first-order valence-corrected chi connectivity index (χ1v) is 7.71. The van der Waals surface area contributed by atoms with Crippen molar-refractivity contribution in [3.05, 3.63) is 65.7 Å². The maximum Gasteiger partial charge on any atom is 0.416 e. The number of hydrogen-bond donors (Lipinski definition) is 2. The Kier molecular flexibility index (Phi) is 4.22. The van der Waals surface area contributed by atoms with Crippen LogP contribution < -0.4 is 10.9 Å². The van der Waals surface area contributed by atoms with Crippen LogP contribution in [-0.2, 0) is 16.4 Å². The fraction of sp³-hybridized carbons (Fsp3) is 0.278. The highest BCUT2D eigenvalue weighted by molar-refractivity contribution is 5.90. The number of anilines is 1. The van der Waals surface area contributed by atoms with Crippen molar-refractivity contribution in [3.8, 4) is 0 Å². The van der Waals surface area contributed by atoms with E-state index in [1.54, 1.807) is 0 Å². The number of benzene rings is 2. The van der Waals surface area contributed by atoms with E-state index in [0.29, 0.717) is 0 Å². The summed E-state index contributed by atoms with van der Waals surface area (Å²) in [5.41, 5.74) is 4.93. The normalized spacial score (nSPS) is 16.1. The smallest absolute Gasteiger partial charge is 0.299 e. The van der Waals surface area contributed by atoms with E-state index in [1.807, 2.05) is 30.3 Å². The molecule has 0 spiro atoms. The highest BCUT2D eigenvalue weighted by Crippen LogP contribution is 2.43. The lowest BCUT2D eigenvalue weighted by molar-refractivity contribution is -0.137. The molecule has 3 rings (SSSR count). The molecule has 6 heteroatoms. The molecule has 2 aromatic rings. The summed E-state index contributed by atoms with van der Waals surface area (Å²) in [6.07, 6.45) is -2.01. The number of hydrogen-bond acceptors (Lipinski definition) is 2. The van der Waals surface area contributed by atoms with E-state index >= 15 is 0 Å². The molecule has 0 radical (unpaired) electrons. The van der Waals surface area contributed by atoms with Crippen LogP contribution in [0.4, 0.5) is 18.9 Å². The van der Waals surface area contributed by atoms with Crippen molar-refractivity contribution in [1.82, 2.24) is 5.43 Å². The molecule has 1 amide bonds. The van der Waals surface area contributed by atoms with Crippen LogP contribution >= 0.6 is 0 Å². The maximum atomic E-state index is 12.7. The molecule has 1 saturated carbocycles. The Balaban J connectivity index is 1.72. The van der Waals surface area contributed by atoms with Crippen LogP contribution in [0.5, 0.6) is 0 Å². The van der Waals surface area contributed by atoms with Gasteiger partial charge in [0, 0.05) is 0 Å². The van der Waals surface area contributed by atoms with Gasteiger partial charge in [-0.1, -0.05) is 42.8 Å². The average Bonchev–Trinajstić information content (AvgIpc) is 2.52. The molecular formula is C18H17F3N2O. The second-order valence-electron chi connectivity index (χ2n) is 5.96. The Labute approximate surface area is 137 Å². The molecule has 1 aliphatic rings. The van der Waals surface area contributed by atoms with Gasteiger partial charge in [-0.15, -0.1) is 0 Å². The molecule has 0 saturated heterocycles. The zero-order valence-corrected chi connectivity index (χ0v) is 12.9. The van der Waals surface area contributed by atoms with Crippen molar-refractivity contribution in [1.29, 1.82) is 0 Å². The predicted molar refractivity (Wildman–Crippen MR) is 85.2 cm³/mol. The van der Waals surface area contributed by atoms with Gasteiger partial charge in [-0.25, -0.2) is 0 Å². The summed E-state index contributed by atoms with van der Waals surface area (Å²) in [5, 5.41) is 0. The Morgan fingerprint density at radius 1 is 1.00 bits per heavy atom. The van der Waals surface area contributed by atoms with Gasteiger partial charge in [0.2, 0.25) is 5.91 Å². The number of alkyl halides is 3.